The maximum Gasteiger partial charge on any atom is 0.258 e. The van der Waals surface area contributed by atoms with Crippen molar-refractivity contribution in [2.75, 3.05) is 37.7 Å². The number of hydrogen-bond acceptors (Lipinski definition) is 4. The largest absolute Gasteiger partial charge is 0.484 e. The van der Waals surface area contributed by atoms with E-state index in [-0.39, 0.29) is 24.5 Å². The molecule has 0 aliphatic carbocycles. The lowest BCUT2D eigenvalue weighted by molar-refractivity contribution is -0.123. The van der Waals surface area contributed by atoms with Crippen molar-refractivity contribution in [3.8, 4) is 5.75 Å². The minimum Gasteiger partial charge on any atom is -0.484 e. The van der Waals surface area contributed by atoms with Gasteiger partial charge in [-0.05, 0) is 62.2 Å². The third kappa shape index (κ3) is 5.00. The molecule has 30 heavy (non-hydrogen) atoms. The van der Waals surface area contributed by atoms with Crippen molar-refractivity contribution in [1.29, 1.82) is 0 Å². The van der Waals surface area contributed by atoms with Gasteiger partial charge in [0.15, 0.2) is 6.61 Å². The van der Waals surface area contributed by atoms with Crippen LogP contribution in [-0.4, -0.2) is 49.5 Å². The monoisotopic (exact) mass is 407 g/mol. The fourth-order valence-electron chi connectivity index (χ4n) is 4.24. The first-order valence-corrected chi connectivity index (χ1v) is 10.8. The number of anilines is 1. The molecule has 158 valence electrons. The first-order valence-electron chi connectivity index (χ1n) is 10.8. The van der Waals surface area contributed by atoms with E-state index in [2.05, 4.69) is 22.3 Å². The molecule has 0 radical (unpaired) electrons. The summed E-state index contributed by atoms with van der Waals surface area (Å²) in [6.07, 6.45) is 3.93. The van der Waals surface area contributed by atoms with Gasteiger partial charge in [-0.25, -0.2) is 0 Å². The average molecular weight is 408 g/mol. The number of carbonyl (C=O) groups is 2. The summed E-state index contributed by atoms with van der Waals surface area (Å²) in [6.45, 7) is 3.45. The number of hydrogen-bond donors (Lipinski definition) is 1. The normalized spacial score (nSPS) is 17.9. The number of ether oxygens (including phenoxy) is 1. The number of likely N-dealkylation sites (tertiary alicyclic amines) is 1. The summed E-state index contributed by atoms with van der Waals surface area (Å²) in [5.74, 6) is 0.655. The quantitative estimate of drug-likeness (QED) is 0.730. The molecule has 2 heterocycles. The molecule has 0 aromatic heterocycles. The van der Waals surface area contributed by atoms with Gasteiger partial charge in [-0.2, -0.15) is 0 Å². The highest BCUT2D eigenvalue weighted by Gasteiger charge is 2.24. The van der Waals surface area contributed by atoms with E-state index in [1.165, 1.54) is 18.4 Å². The Morgan fingerprint density at radius 3 is 2.37 bits per heavy atom. The first kappa shape index (κ1) is 20.4. The van der Waals surface area contributed by atoms with Gasteiger partial charge in [-0.3, -0.25) is 14.5 Å². The van der Waals surface area contributed by atoms with Crippen molar-refractivity contribution in [2.24, 2.45) is 0 Å². The Labute approximate surface area is 177 Å². The minimum atomic E-state index is -0.131. The van der Waals surface area contributed by atoms with E-state index in [9.17, 15) is 9.59 Å². The molecule has 2 aliphatic rings. The molecule has 2 amide bonds. The van der Waals surface area contributed by atoms with Crippen LogP contribution in [-0.2, 0) is 9.59 Å². The molecule has 0 spiro atoms. The predicted molar refractivity (Wildman–Crippen MR) is 117 cm³/mol. The summed E-state index contributed by atoms with van der Waals surface area (Å²) in [6, 6.07) is 17.9. The second-order valence-corrected chi connectivity index (χ2v) is 7.91. The van der Waals surface area contributed by atoms with E-state index in [4.69, 9.17) is 4.74 Å². The third-order valence-electron chi connectivity index (χ3n) is 5.85. The second kappa shape index (κ2) is 9.76. The van der Waals surface area contributed by atoms with Crippen LogP contribution in [0.2, 0.25) is 0 Å². The number of benzene rings is 2. The van der Waals surface area contributed by atoms with Crippen molar-refractivity contribution in [1.82, 2.24) is 10.2 Å². The molecule has 0 bridgehead atoms. The van der Waals surface area contributed by atoms with Gasteiger partial charge in [0.25, 0.3) is 5.91 Å². The molecule has 6 heteroatoms. The summed E-state index contributed by atoms with van der Waals surface area (Å²) < 4.78 is 5.65. The van der Waals surface area contributed by atoms with E-state index in [1.807, 2.05) is 42.5 Å². The zero-order valence-corrected chi connectivity index (χ0v) is 17.3. The second-order valence-electron chi connectivity index (χ2n) is 7.91. The van der Waals surface area contributed by atoms with E-state index in [0.29, 0.717) is 18.7 Å². The van der Waals surface area contributed by atoms with Crippen molar-refractivity contribution in [3.05, 3.63) is 60.2 Å². The van der Waals surface area contributed by atoms with Crippen LogP contribution in [0.3, 0.4) is 0 Å². The SMILES string of the molecule is O=C(COc1ccc(N2CCCC2=O)cc1)NCC(c1ccccc1)N1CCCC1. The van der Waals surface area contributed by atoms with Gasteiger partial charge >= 0.3 is 0 Å². The van der Waals surface area contributed by atoms with Gasteiger partial charge in [0, 0.05) is 25.2 Å². The van der Waals surface area contributed by atoms with Gasteiger partial charge < -0.3 is 15.0 Å². The van der Waals surface area contributed by atoms with Crippen molar-refractivity contribution in [3.63, 3.8) is 0 Å². The molecule has 2 fully saturated rings. The number of rotatable bonds is 8. The Morgan fingerprint density at radius 1 is 0.967 bits per heavy atom. The molecule has 6 nitrogen and oxygen atoms in total. The Hall–Kier alpha value is -2.86. The van der Waals surface area contributed by atoms with Crippen LogP contribution in [0.4, 0.5) is 5.69 Å². The Bertz CT molecular complexity index is 848. The van der Waals surface area contributed by atoms with Crippen molar-refractivity contribution in [2.45, 2.75) is 31.7 Å². The molecule has 1 unspecified atom stereocenters. The summed E-state index contributed by atoms with van der Waals surface area (Å²) in [4.78, 5) is 28.4. The van der Waals surface area contributed by atoms with E-state index < -0.39 is 0 Å². The topological polar surface area (TPSA) is 61.9 Å². The first-order chi connectivity index (χ1) is 14.7. The van der Waals surface area contributed by atoms with Gasteiger partial charge in [0.2, 0.25) is 5.91 Å². The van der Waals surface area contributed by atoms with Gasteiger partial charge in [0.05, 0.1) is 6.04 Å². The molecular weight excluding hydrogens is 378 g/mol. The van der Waals surface area contributed by atoms with Gasteiger partial charge in [-0.15, -0.1) is 0 Å². The predicted octanol–water partition coefficient (Wildman–Crippen LogP) is 3.15. The molecule has 1 N–H and O–H groups in total. The highest BCUT2D eigenvalue weighted by atomic mass is 16.5. The zero-order chi connectivity index (χ0) is 20.8. The maximum atomic E-state index is 12.4. The van der Waals surface area contributed by atoms with Crippen molar-refractivity contribution >= 4 is 17.5 Å². The Morgan fingerprint density at radius 2 is 1.70 bits per heavy atom. The third-order valence-corrected chi connectivity index (χ3v) is 5.85. The average Bonchev–Trinajstić information content (AvgIpc) is 3.46. The molecule has 2 aromatic rings. The molecule has 1 atom stereocenters. The standard InChI is InChI=1S/C24H29N3O3/c28-23(18-30-21-12-10-20(11-13-21)27-16-6-9-24(27)29)25-17-22(26-14-4-5-15-26)19-7-2-1-3-8-19/h1-3,7-8,10-13,22H,4-6,9,14-18H2,(H,25,28). The number of nitrogens with one attached hydrogen (secondary N) is 1. The lowest BCUT2D eigenvalue weighted by atomic mass is 10.1. The summed E-state index contributed by atoms with van der Waals surface area (Å²) >= 11 is 0. The Kier molecular flexibility index (Phi) is 6.64. The van der Waals surface area contributed by atoms with Crippen LogP contribution in [0, 0.1) is 0 Å². The van der Waals surface area contributed by atoms with Crippen LogP contribution in [0.5, 0.6) is 5.75 Å². The molecule has 2 saturated heterocycles. The van der Waals surface area contributed by atoms with E-state index in [1.54, 1.807) is 4.90 Å². The lowest BCUT2D eigenvalue weighted by Gasteiger charge is -2.28. The minimum absolute atomic E-state index is 0.0243. The molecular formula is C24H29N3O3. The lowest BCUT2D eigenvalue weighted by Crippen LogP contribution is -2.38. The number of carbonyl (C=O) groups excluding carboxylic acids is 2. The van der Waals surface area contributed by atoms with E-state index >= 15 is 0 Å². The number of amides is 2. The Balaban J connectivity index is 1.28. The van der Waals surface area contributed by atoms with Crippen LogP contribution in [0.15, 0.2) is 54.6 Å². The highest BCUT2D eigenvalue weighted by Crippen LogP contribution is 2.25. The highest BCUT2D eigenvalue weighted by molar-refractivity contribution is 5.95. The fourth-order valence-corrected chi connectivity index (χ4v) is 4.24. The van der Waals surface area contributed by atoms with Crippen LogP contribution in [0.25, 0.3) is 0 Å². The molecule has 2 aliphatic heterocycles. The van der Waals surface area contributed by atoms with Crippen LogP contribution >= 0.6 is 0 Å². The molecule has 4 rings (SSSR count). The molecule has 0 saturated carbocycles. The summed E-state index contributed by atoms with van der Waals surface area (Å²) in [5, 5.41) is 3.03. The molecule has 2 aromatic carbocycles. The number of nitrogens with zero attached hydrogens (tertiary/aromatic N) is 2. The van der Waals surface area contributed by atoms with E-state index in [0.717, 1.165) is 31.7 Å². The smallest absolute Gasteiger partial charge is 0.258 e. The maximum absolute atomic E-state index is 12.4. The summed E-state index contributed by atoms with van der Waals surface area (Å²) in [7, 11) is 0. The van der Waals surface area contributed by atoms with Gasteiger partial charge in [-0.1, -0.05) is 30.3 Å². The summed E-state index contributed by atoms with van der Waals surface area (Å²) in [5.41, 5.74) is 2.11. The van der Waals surface area contributed by atoms with Crippen LogP contribution in [0.1, 0.15) is 37.3 Å². The van der Waals surface area contributed by atoms with Crippen molar-refractivity contribution < 1.29 is 14.3 Å². The zero-order valence-electron chi connectivity index (χ0n) is 17.3. The fraction of sp³-hybridized carbons (Fsp3) is 0.417. The van der Waals surface area contributed by atoms with Crippen LogP contribution < -0.4 is 15.0 Å². The van der Waals surface area contributed by atoms with Gasteiger partial charge in [0.1, 0.15) is 5.75 Å².